The SMILES string of the molecule is NC(CC(F)(F)F)c1ccc(F)cn1. The molecule has 0 spiro atoms. The molecule has 0 bridgehead atoms. The van der Waals surface area contributed by atoms with Crippen LogP contribution in [0.3, 0.4) is 0 Å². The molecule has 2 N–H and O–H groups in total. The molecule has 6 heteroatoms. The number of pyridine rings is 1. The number of rotatable bonds is 2. The first kappa shape index (κ1) is 10.9. The first-order valence-corrected chi connectivity index (χ1v) is 3.82. The Hall–Kier alpha value is -1.17. The Morgan fingerprint density at radius 3 is 2.43 bits per heavy atom. The fourth-order valence-electron chi connectivity index (χ4n) is 0.961. The largest absolute Gasteiger partial charge is 0.390 e. The van der Waals surface area contributed by atoms with Crippen molar-refractivity contribution in [2.45, 2.75) is 18.6 Å². The van der Waals surface area contributed by atoms with Crippen molar-refractivity contribution in [2.75, 3.05) is 0 Å². The van der Waals surface area contributed by atoms with Gasteiger partial charge in [0.25, 0.3) is 0 Å². The summed E-state index contributed by atoms with van der Waals surface area (Å²) in [6.07, 6.45) is -4.66. The van der Waals surface area contributed by atoms with E-state index in [9.17, 15) is 17.6 Å². The molecular weight excluding hydrogens is 200 g/mol. The molecule has 14 heavy (non-hydrogen) atoms. The first-order chi connectivity index (χ1) is 6.38. The molecule has 2 nitrogen and oxygen atoms in total. The summed E-state index contributed by atoms with van der Waals surface area (Å²) in [7, 11) is 0. The van der Waals surface area contributed by atoms with E-state index in [0.29, 0.717) is 0 Å². The molecule has 0 saturated carbocycles. The van der Waals surface area contributed by atoms with Crippen LogP contribution < -0.4 is 5.73 Å². The van der Waals surface area contributed by atoms with Crippen molar-refractivity contribution < 1.29 is 17.6 Å². The highest BCUT2D eigenvalue weighted by Gasteiger charge is 2.31. The third kappa shape index (κ3) is 3.29. The molecule has 1 atom stereocenters. The van der Waals surface area contributed by atoms with Crippen molar-refractivity contribution in [1.29, 1.82) is 0 Å². The van der Waals surface area contributed by atoms with Crippen molar-refractivity contribution >= 4 is 0 Å². The topological polar surface area (TPSA) is 38.9 Å². The van der Waals surface area contributed by atoms with E-state index in [2.05, 4.69) is 4.98 Å². The van der Waals surface area contributed by atoms with Crippen LogP contribution in [0.2, 0.25) is 0 Å². The normalized spacial score (nSPS) is 14.1. The average Bonchev–Trinajstić information content (AvgIpc) is 2.02. The summed E-state index contributed by atoms with van der Waals surface area (Å²) in [5.41, 5.74) is 5.26. The van der Waals surface area contributed by atoms with Gasteiger partial charge >= 0.3 is 6.18 Å². The van der Waals surface area contributed by atoms with Gasteiger partial charge in [-0.2, -0.15) is 13.2 Å². The quantitative estimate of drug-likeness (QED) is 0.756. The van der Waals surface area contributed by atoms with Crippen LogP contribution in [-0.2, 0) is 0 Å². The average molecular weight is 208 g/mol. The Bertz CT molecular complexity index is 293. The summed E-state index contributed by atoms with van der Waals surface area (Å²) in [6, 6.07) is 0.931. The first-order valence-electron chi connectivity index (χ1n) is 3.82. The van der Waals surface area contributed by atoms with E-state index in [-0.39, 0.29) is 5.69 Å². The van der Waals surface area contributed by atoms with E-state index in [1.54, 1.807) is 0 Å². The molecule has 78 valence electrons. The van der Waals surface area contributed by atoms with Gasteiger partial charge in [0.2, 0.25) is 0 Å². The van der Waals surface area contributed by atoms with Crippen LogP contribution in [-0.4, -0.2) is 11.2 Å². The standard InChI is InChI=1S/C8H8F4N2/c9-5-1-2-7(14-4-5)6(13)3-8(10,11)12/h1-2,4,6H,3,13H2. The zero-order valence-corrected chi connectivity index (χ0v) is 7.05. The molecular formula is C8H8F4N2. The Labute approximate surface area is 77.7 Å². The van der Waals surface area contributed by atoms with Crippen LogP contribution in [0.25, 0.3) is 0 Å². The molecule has 0 radical (unpaired) electrons. The monoisotopic (exact) mass is 208 g/mol. The van der Waals surface area contributed by atoms with Gasteiger partial charge in [-0.05, 0) is 12.1 Å². The minimum Gasteiger partial charge on any atom is -0.322 e. The highest BCUT2D eigenvalue weighted by atomic mass is 19.4. The van der Waals surface area contributed by atoms with Gasteiger partial charge in [0, 0.05) is 0 Å². The lowest BCUT2D eigenvalue weighted by atomic mass is 10.1. The fraction of sp³-hybridized carbons (Fsp3) is 0.375. The number of hydrogen-bond donors (Lipinski definition) is 1. The van der Waals surface area contributed by atoms with Crippen LogP contribution in [0.15, 0.2) is 18.3 Å². The van der Waals surface area contributed by atoms with E-state index in [1.807, 2.05) is 0 Å². The lowest BCUT2D eigenvalue weighted by Gasteiger charge is -2.12. The second-order valence-electron chi connectivity index (χ2n) is 2.83. The predicted molar refractivity (Wildman–Crippen MR) is 41.8 cm³/mol. The maximum atomic E-state index is 12.4. The van der Waals surface area contributed by atoms with Crippen LogP contribution >= 0.6 is 0 Å². The molecule has 0 fully saturated rings. The van der Waals surface area contributed by atoms with Crippen molar-refractivity contribution in [1.82, 2.24) is 4.98 Å². The maximum absolute atomic E-state index is 12.4. The van der Waals surface area contributed by atoms with Crippen molar-refractivity contribution in [3.8, 4) is 0 Å². The summed E-state index contributed by atoms with van der Waals surface area (Å²) in [6.45, 7) is 0. The van der Waals surface area contributed by atoms with E-state index < -0.39 is 24.5 Å². The zero-order valence-electron chi connectivity index (χ0n) is 7.05. The molecule has 0 amide bonds. The Balaban J connectivity index is 2.70. The van der Waals surface area contributed by atoms with Gasteiger partial charge in [-0.25, -0.2) is 4.39 Å². The molecule has 0 saturated heterocycles. The molecule has 0 aliphatic carbocycles. The highest BCUT2D eigenvalue weighted by molar-refractivity contribution is 5.09. The van der Waals surface area contributed by atoms with Crippen molar-refractivity contribution in [3.05, 3.63) is 29.8 Å². The summed E-state index contributed by atoms with van der Waals surface area (Å²) in [5.74, 6) is -0.604. The minimum atomic E-state index is -4.34. The highest BCUT2D eigenvalue weighted by Crippen LogP contribution is 2.26. The van der Waals surface area contributed by atoms with Gasteiger partial charge in [0.05, 0.1) is 24.4 Å². The number of hydrogen-bond acceptors (Lipinski definition) is 2. The van der Waals surface area contributed by atoms with E-state index >= 15 is 0 Å². The second kappa shape index (κ2) is 3.91. The third-order valence-corrected chi connectivity index (χ3v) is 1.58. The summed E-state index contributed by atoms with van der Waals surface area (Å²) < 4.78 is 48.0. The Morgan fingerprint density at radius 1 is 1.36 bits per heavy atom. The number of nitrogens with two attached hydrogens (primary N) is 1. The molecule has 1 unspecified atom stereocenters. The van der Waals surface area contributed by atoms with Crippen molar-refractivity contribution in [2.24, 2.45) is 5.73 Å². The van der Waals surface area contributed by atoms with Crippen molar-refractivity contribution in [3.63, 3.8) is 0 Å². The number of aromatic nitrogens is 1. The van der Waals surface area contributed by atoms with E-state index in [4.69, 9.17) is 5.73 Å². The number of alkyl halides is 3. The summed E-state index contributed by atoms with van der Waals surface area (Å²) >= 11 is 0. The van der Waals surface area contributed by atoms with Gasteiger partial charge in [-0.3, -0.25) is 4.98 Å². The second-order valence-corrected chi connectivity index (χ2v) is 2.83. The van der Waals surface area contributed by atoms with Gasteiger partial charge in [-0.15, -0.1) is 0 Å². The van der Waals surface area contributed by atoms with E-state index in [0.717, 1.165) is 18.3 Å². The van der Waals surface area contributed by atoms with Gasteiger partial charge in [0.15, 0.2) is 0 Å². The molecule has 1 aromatic heterocycles. The predicted octanol–water partition coefficient (Wildman–Crippen LogP) is 2.17. The van der Waals surface area contributed by atoms with Crippen LogP contribution in [0.1, 0.15) is 18.2 Å². The molecule has 1 rings (SSSR count). The summed E-state index contributed by atoms with van der Waals surface area (Å²) in [4.78, 5) is 3.46. The minimum absolute atomic E-state index is 0.0312. The van der Waals surface area contributed by atoms with Gasteiger partial charge in [0.1, 0.15) is 5.82 Å². The molecule has 0 aliphatic heterocycles. The third-order valence-electron chi connectivity index (χ3n) is 1.58. The lowest BCUT2D eigenvalue weighted by molar-refractivity contribution is -0.138. The fourth-order valence-corrected chi connectivity index (χ4v) is 0.961. The van der Waals surface area contributed by atoms with E-state index in [1.165, 1.54) is 0 Å². The molecule has 1 aromatic rings. The number of halogens is 4. The van der Waals surface area contributed by atoms with Gasteiger partial charge < -0.3 is 5.73 Å². The molecule has 1 heterocycles. The zero-order chi connectivity index (χ0) is 10.8. The molecule has 0 aromatic carbocycles. The summed E-state index contributed by atoms with van der Waals surface area (Å²) in [5, 5.41) is 0. The number of nitrogens with zero attached hydrogens (tertiary/aromatic N) is 1. The Kier molecular flexibility index (Phi) is 3.05. The Morgan fingerprint density at radius 2 is 2.00 bits per heavy atom. The smallest absolute Gasteiger partial charge is 0.322 e. The van der Waals surface area contributed by atoms with Crippen LogP contribution in [0.5, 0.6) is 0 Å². The van der Waals surface area contributed by atoms with Crippen LogP contribution in [0, 0.1) is 5.82 Å². The van der Waals surface area contributed by atoms with Crippen LogP contribution in [0.4, 0.5) is 17.6 Å². The lowest BCUT2D eigenvalue weighted by Crippen LogP contribution is -2.21. The van der Waals surface area contributed by atoms with Gasteiger partial charge in [-0.1, -0.05) is 0 Å². The molecule has 0 aliphatic rings. The maximum Gasteiger partial charge on any atom is 0.390 e.